The predicted octanol–water partition coefficient (Wildman–Crippen LogP) is 10.6. The summed E-state index contributed by atoms with van der Waals surface area (Å²) < 4.78 is 58.8. The largest absolute Gasteiger partial charge is 0.454 e. The van der Waals surface area contributed by atoms with Gasteiger partial charge in [0.05, 0.1) is 11.1 Å². The number of halogens is 1. The average molecular weight is 561 g/mol. The number of rotatable bonds is 5. The molecule has 0 aliphatic rings. The molecule has 2 heterocycles. The van der Waals surface area contributed by atoms with Crippen molar-refractivity contribution in [2.75, 3.05) is 0 Å². The molecule has 0 radical (unpaired) electrons. The molecule has 0 saturated carbocycles. The zero-order valence-electron chi connectivity index (χ0n) is 29.3. The summed E-state index contributed by atoms with van der Waals surface area (Å²) in [5.74, 6) is -1.06. The zero-order chi connectivity index (χ0) is 33.3. The highest BCUT2D eigenvalue weighted by molar-refractivity contribution is 6.13. The normalized spacial score (nSPS) is 14.1. The van der Waals surface area contributed by atoms with E-state index >= 15 is 4.39 Å². The Labute approximate surface area is 254 Å². The molecule has 0 aliphatic heterocycles. The summed E-state index contributed by atoms with van der Waals surface area (Å²) >= 11 is 0. The molecular weight excluding hydrogens is 517 g/mol. The van der Waals surface area contributed by atoms with E-state index in [1.807, 2.05) is 108 Å². The number of aromatic nitrogens is 1. The smallest absolute Gasteiger partial charge is 0.216 e. The Morgan fingerprint density at radius 1 is 0.833 bits per heavy atom. The minimum atomic E-state index is -1.69. The molecule has 0 N–H and O–H groups in total. The molecule has 0 atom stereocenters. The number of benzene rings is 4. The zero-order valence-corrected chi connectivity index (χ0v) is 25.3. The van der Waals surface area contributed by atoms with E-state index in [0.29, 0.717) is 33.6 Å². The maximum absolute atomic E-state index is 15.7. The molecule has 2 aromatic heterocycles. The molecule has 3 heteroatoms. The van der Waals surface area contributed by atoms with Crippen LogP contribution in [-0.4, -0.2) is 0 Å². The van der Waals surface area contributed by atoms with E-state index in [-0.39, 0.29) is 12.0 Å². The molecule has 0 unspecified atom stereocenters. The highest BCUT2D eigenvalue weighted by atomic mass is 19.1. The first-order chi connectivity index (χ1) is 21.5. The first-order valence-corrected chi connectivity index (χ1v) is 14.4. The summed E-state index contributed by atoms with van der Waals surface area (Å²) in [6.45, 7) is 11.3. The molecule has 0 amide bonds. The van der Waals surface area contributed by atoms with Gasteiger partial charge in [0.25, 0.3) is 0 Å². The van der Waals surface area contributed by atoms with E-state index in [9.17, 15) is 0 Å². The van der Waals surface area contributed by atoms with Crippen molar-refractivity contribution in [3.05, 3.63) is 114 Å². The minimum absolute atomic E-state index is 0.179. The number of hydrogen-bond acceptors (Lipinski definition) is 1. The van der Waals surface area contributed by atoms with Gasteiger partial charge in [-0.1, -0.05) is 95.3 Å². The van der Waals surface area contributed by atoms with Gasteiger partial charge < -0.3 is 4.42 Å². The van der Waals surface area contributed by atoms with E-state index in [0.717, 1.165) is 38.6 Å². The summed E-state index contributed by atoms with van der Waals surface area (Å²) in [5, 5.41) is 1.60. The van der Waals surface area contributed by atoms with Crippen LogP contribution in [0.1, 0.15) is 62.7 Å². The summed E-state index contributed by atoms with van der Waals surface area (Å²) in [4.78, 5) is 0. The summed E-state index contributed by atoms with van der Waals surface area (Å²) in [5.41, 5.74) is 7.05. The molecule has 6 rings (SSSR count). The lowest BCUT2D eigenvalue weighted by molar-refractivity contribution is -0.660. The molecule has 42 heavy (non-hydrogen) atoms. The van der Waals surface area contributed by atoms with Gasteiger partial charge in [-0.05, 0) is 70.1 Å². The molecule has 4 aromatic carbocycles. The predicted molar refractivity (Wildman–Crippen MR) is 173 cm³/mol. The second-order valence-electron chi connectivity index (χ2n) is 12.4. The van der Waals surface area contributed by atoms with Gasteiger partial charge in [0, 0.05) is 27.0 Å². The lowest BCUT2D eigenvalue weighted by atomic mass is 9.88. The van der Waals surface area contributed by atoms with Crippen molar-refractivity contribution in [1.29, 1.82) is 0 Å². The van der Waals surface area contributed by atoms with Crippen LogP contribution < -0.4 is 4.57 Å². The van der Waals surface area contributed by atoms with Gasteiger partial charge >= 0.3 is 0 Å². The van der Waals surface area contributed by atoms with Gasteiger partial charge in [0.15, 0.2) is 6.17 Å². The summed E-state index contributed by atoms with van der Waals surface area (Å²) in [6, 6.07) is 26.3. The van der Waals surface area contributed by atoms with Crippen LogP contribution >= 0.6 is 0 Å². The maximum Gasteiger partial charge on any atom is 0.216 e. The van der Waals surface area contributed by atoms with Crippen LogP contribution in [0.25, 0.3) is 55.4 Å². The second kappa shape index (κ2) is 10.5. The lowest BCUT2D eigenvalue weighted by Gasteiger charge is -2.18. The number of aryl methyl sites for hydroxylation is 1. The van der Waals surface area contributed by atoms with Crippen LogP contribution in [0.5, 0.6) is 0 Å². The monoisotopic (exact) mass is 560 g/mol. The molecule has 0 saturated heterocycles. The highest BCUT2D eigenvalue weighted by Crippen LogP contribution is 2.42. The van der Waals surface area contributed by atoms with Crippen molar-refractivity contribution in [2.24, 2.45) is 12.5 Å². The van der Waals surface area contributed by atoms with Crippen molar-refractivity contribution < 1.29 is 18.9 Å². The van der Waals surface area contributed by atoms with Gasteiger partial charge in [0.1, 0.15) is 25.4 Å². The standard InChI is InChI=1S/C39H39FNO/c1-24(2)27-9-11-28(12-10-27)29-13-15-30(16-14-29)36-33(40)19-18-32-31-17-8-25(3)35(37(31)42-38(32)36)34-22-26(20-21-41(34)7)23-39(4,5)6/h8-22,24H,23H2,1-7H3/q+1/i21D,23D2,24D. The van der Waals surface area contributed by atoms with Crippen LogP contribution in [0, 0.1) is 18.2 Å². The third kappa shape index (κ3) is 5.13. The van der Waals surface area contributed by atoms with Crippen molar-refractivity contribution in [1.82, 2.24) is 0 Å². The van der Waals surface area contributed by atoms with E-state index in [1.54, 1.807) is 23.7 Å². The Morgan fingerprint density at radius 3 is 2.02 bits per heavy atom. The Hall–Kier alpha value is -4.24. The second-order valence-corrected chi connectivity index (χ2v) is 12.4. The van der Waals surface area contributed by atoms with Gasteiger partial charge in [-0.3, -0.25) is 0 Å². The van der Waals surface area contributed by atoms with E-state index in [1.165, 1.54) is 6.07 Å². The van der Waals surface area contributed by atoms with Crippen LogP contribution in [0.2, 0.25) is 0 Å². The third-order valence-corrected chi connectivity index (χ3v) is 7.78. The van der Waals surface area contributed by atoms with Crippen molar-refractivity contribution in [3.8, 4) is 33.5 Å². The van der Waals surface area contributed by atoms with Gasteiger partial charge in [0.2, 0.25) is 5.69 Å². The minimum Gasteiger partial charge on any atom is -0.454 e. The Bertz CT molecular complexity index is 2120. The van der Waals surface area contributed by atoms with Crippen LogP contribution in [0.4, 0.5) is 4.39 Å². The molecule has 0 spiro atoms. The first kappa shape index (κ1) is 23.3. The van der Waals surface area contributed by atoms with E-state index in [2.05, 4.69) is 0 Å². The van der Waals surface area contributed by atoms with Gasteiger partial charge in [-0.2, -0.15) is 0 Å². The molecule has 0 bridgehead atoms. The quantitative estimate of drug-likeness (QED) is 0.192. The molecule has 0 fully saturated rings. The summed E-state index contributed by atoms with van der Waals surface area (Å²) in [6.07, 6.45) is -1.51. The Morgan fingerprint density at radius 2 is 1.40 bits per heavy atom. The molecular formula is C39H39FNO+. The number of furan rings is 1. The number of pyridine rings is 1. The van der Waals surface area contributed by atoms with Crippen LogP contribution in [0.15, 0.2) is 95.5 Å². The fraction of sp³-hybridized carbons (Fsp3) is 0.256. The topological polar surface area (TPSA) is 17.0 Å². The number of hydrogen-bond donors (Lipinski definition) is 0. The van der Waals surface area contributed by atoms with Crippen molar-refractivity contribution >= 4 is 21.9 Å². The SMILES string of the molecule is [2H]c1cc(C([2H])([2H])C(C)(C)C)cc(-c2c(C)ccc3c2oc2c(-c4ccc(-c5ccc(C([2H])(C)C)cc5)cc4)c(F)ccc23)[n+]1C. The third-order valence-electron chi connectivity index (χ3n) is 7.78. The van der Waals surface area contributed by atoms with Gasteiger partial charge in [-0.15, -0.1) is 0 Å². The molecule has 0 aliphatic carbocycles. The number of nitrogens with zero attached hydrogens (tertiary/aromatic N) is 1. The van der Waals surface area contributed by atoms with Crippen LogP contribution in [-0.2, 0) is 13.4 Å². The van der Waals surface area contributed by atoms with Crippen LogP contribution in [0.3, 0.4) is 0 Å². The fourth-order valence-electron chi connectivity index (χ4n) is 5.66. The maximum atomic E-state index is 15.7. The number of fused-ring (bicyclic) bond motifs is 3. The van der Waals surface area contributed by atoms with Crippen molar-refractivity contribution in [2.45, 2.75) is 53.8 Å². The fourth-order valence-corrected chi connectivity index (χ4v) is 5.66. The van der Waals surface area contributed by atoms with Gasteiger partial charge in [-0.25, -0.2) is 8.96 Å². The first-order valence-electron chi connectivity index (χ1n) is 16.4. The Balaban J connectivity index is 1.51. The average Bonchev–Trinajstić information content (AvgIpc) is 3.36. The molecule has 2 nitrogen and oxygen atoms in total. The van der Waals surface area contributed by atoms with E-state index in [4.69, 9.17) is 9.90 Å². The molecule has 6 aromatic rings. The summed E-state index contributed by atoms with van der Waals surface area (Å²) in [7, 11) is 1.79. The highest BCUT2D eigenvalue weighted by Gasteiger charge is 2.24. The lowest BCUT2D eigenvalue weighted by Crippen LogP contribution is -2.31. The van der Waals surface area contributed by atoms with Crippen molar-refractivity contribution in [3.63, 3.8) is 0 Å². The Kier molecular flexibility index (Phi) is 5.86. The molecule has 212 valence electrons. The van der Waals surface area contributed by atoms with E-state index < -0.39 is 17.7 Å².